The summed E-state index contributed by atoms with van der Waals surface area (Å²) < 4.78 is 0. The van der Waals surface area contributed by atoms with E-state index in [1.165, 1.54) is 30.6 Å². The Hall–Kier alpha value is -0.770. The number of hydrogen-bond acceptors (Lipinski definition) is 2. The molecule has 0 bridgehead atoms. The predicted molar refractivity (Wildman–Crippen MR) is 60.4 cm³/mol. The first-order valence-corrected chi connectivity index (χ1v) is 6.46. The van der Waals surface area contributed by atoms with Crippen molar-refractivity contribution < 1.29 is 9.90 Å². The second kappa shape index (κ2) is 3.91. The Morgan fingerprint density at radius 2 is 1.81 bits per heavy atom. The van der Waals surface area contributed by atoms with Gasteiger partial charge in [0.05, 0.1) is 0 Å². The van der Waals surface area contributed by atoms with Gasteiger partial charge < -0.3 is 15.3 Å². The minimum Gasteiger partial charge on any atom is -0.465 e. The molecule has 1 saturated heterocycles. The summed E-state index contributed by atoms with van der Waals surface area (Å²) in [4.78, 5) is 12.3. The quantitative estimate of drug-likeness (QED) is 0.747. The largest absolute Gasteiger partial charge is 0.465 e. The molecule has 2 aliphatic carbocycles. The minimum absolute atomic E-state index is 0.401. The van der Waals surface area contributed by atoms with Gasteiger partial charge in [-0.05, 0) is 43.9 Å². The van der Waals surface area contributed by atoms with E-state index < -0.39 is 6.09 Å². The van der Waals surface area contributed by atoms with Gasteiger partial charge in [0.1, 0.15) is 0 Å². The van der Waals surface area contributed by atoms with Crippen LogP contribution in [0.5, 0.6) is 0 Å². The zero-order chi connectivity index (χ0) is 11.1. The van der Waals surface area contributed by atoms with Crippen LogP contribution in [0.4, 0.5) is 4.79 Å². The number of carboxylic acid groups (broad SMARTS) is 1. The van der Waals surface area contributed by atoms with Gasteiger partial charge in [0.15, 0.2) is 0 Å². The van der Waals surface area contributed by atoms with Gasteiger partial charge in [-0.15, -0.1) is 0 Å². The summed E-state index contributed by atoms with van der Waals surface area (Å²) in [6, 6.07) is 1.06. The molecule has 4 atom stereocenters. The van der Waals surface area contributed by atoms with Crippen LogP contribution in [0.3, 0.4) is 0 Å². The van der Waals surface area contributed by atoms with Crippen molar-refractivity contribution in [2.45, 2.75) is 44.2 Å². The lowest BCUT2D eigenvalue weighted by atomic mass is 9.77. The standard InChI is InChI=1S/C12H20N2O2/c15-12(16)14-4-3-10(7-14)13-11-5-8-1-2-9(8)6-11/h8-11,13H,1-7H2,(H,15,16)/t8-,9+,10-,11+/m0/s1. The molecular weight excluding hydrogens is 204 g/mol. The van der Waals surface area contributed by atoms with E-state index >= 15 is 0 Å². The van der Waals surface area contributed by atoms with Crippen LogP contribution in [0, 0.1) is 11.8 Å². The fourth-order valence-electron chi connectivity index (χ4n) is 3.63. The number of amides is 1. The summed E-state index contributed by atoms with van der Waals surface area (Å²) in [5.74, 6) is 1.96. The van der Waals surface area contributed by atoms with Crippen LogP contribution in [0.25, 0.3) is 0 Å². The fraction of sp³-hybridized carbons (Fsp3) is 0.917. The van der Waals surface area contributed by atoms with Crippen molar-refractivity contribution in [2.24, 2.45) is 11.8 Å². The Balaban J connectivity index is 1.47. The second-order valence-electron chi connectivity index (χ2n) is 5.65. The number of nitrogens with zero attached hydrogens (tertiary/aromatic N) is 1. The molecule has 1 heterocycles. The molecule has 0 aromatic carbocycles. The summed E-state index contributed by atoms with van der Waals surface area (Å²) in [5.41, 5.74) is 0. The van der Waals surface area contributed by atoms with Crippen LogP contribution in [0.2, 0.25) is 0 Å². The molecule has 0 aromatic heterocycles. The summed E-state index contributed by atoms with van der Waals surface area (Å²) >= 11 is 0. The highest BCUT2D eigenvalue weighted by atomic mass is 16.4. The molecule has 2 saturated carbocycles. The fourth-order valence-corrected chi connectivity index (χ4v) is 3.63. The van der Waals surface area contributed by atoms with Crippen molar-refractivity contribution in [2.75, 3.05) is 13.1 Å². The highest BCUT2D eigenvalue weighted by molar-refractivity contribution is 5.65. The first-order chi connectivity index (χ1) is 7.72. The van der Waals surface area contributed by atoms with Gasteiger partial charge in [-0.25, -0.2) is 4.79 Å². The van der Waals surface area contributed by atoms with Gasteiger partial charge in [-0.2, -0.15) is 0 Å². The third-order valence-corrected chi connectivity index (χ3v) is 4.68. The van der Waals surface area contributed by atoms with Gasteiger partial charge in [0.25, 0.3) is 0 Å². The highest BCUT2D eigenvalue weighted by Gasteiger charge is 2.41. The maximum Gasteiger partial charge on any atom is 0.407 e. The number of likely N-dealkylation sites (tertiary alicyclic amines) is 1. The Morgan fingerprint density at radius 3 is 2.31 bits per heavy atom. The maximum atomic E-state index is 10.8. The van der Waals surface area contributed by atoms with E-state index in [-0.39, 0.29) is 0 Å². The lowest BCUT2D eigenvalue weighted by Gasteiger charge is -2.29. The molecule has 3 rings (SSSR count). The van der Waals surface area contributed by atoms with Crippen molar-refractivity contribution in [1.82, 2.24) is 10.2 Å². The summed E-state index contributed by atoms with van der Waals surface area (Å²) in [7, 11) is 0. The van der Waals surface area contributed by atoms with Gasteiger partial charge in [-0.1, -0.05) is 0 Å². The van der Waals surface area contributed by atoms with Crippen LogP contribution in [-0.4, -0.2) is 41.3 Å². The van der Waals surface area contributed by atoms with Gasteiger partial charge in [0.2, 0.25) is 0 Å². The van der Waals surface area contributed by atoms with E-state index in [0.29, 0.717) is 25.2 Å². The van der Waals surface area contributed by atoms with E-state index in [1.807, 2.05) is 0 Å². The number of fused-ring (bicyclic) bond motifs is 1. The van der Waals surface area contributed by atoms with E-state index in [4.69, 9.17) is 5.11 Å². The van der Waals surface area contributed by atoms with Crippen molar-refractivity contribution in [3.63, 3.8) is 0 Å². The Bertz CT molecular complexity index is 283. The Morgan fingerprint density at radius 1 is 1.12 bits per heavy atom. The summed E-state index contributed by atoms with van der Waals surface area (Å²) in [6.45, 7) is 1.38. The first kappa shape index (κ1) is 10.4. The van der Waals surface area contributed by atoms with Crippen LogP contribution in [-0.2, 0) is 0 Å². The molecule has 16 heavy (non-hydrogen) atoms. The van der Waals surface area contributed by atoms with Gasteiger partial charge >= 0.3 is 6.09 Å². The van der Waals surface area contributed by atoms with E-state index in [0.717, 1.165) is 18.3 Å². The molecule has 0 aromatic rings. The first-order valence-electron chi connectivity index (χ1n) is 6.46. The molecule has 4 heteroatoms. The molecule has 1 amide bonds. The van der Waals surface area contributed by atoms with Crippen LogP contribution in [0.15, 0.2) is 0 Å². The molecule has 3 aliphatic rings. The number of hydrogen-bond donors (Lipinski definition) is 2. The molecule has 90 valence electrons. The SMILES string of the molecule is O=C(O)N1CC[C@H](N[C@H]2C[C@H]3CC[C@H]3C2)C1. The Labute approximate surface area is 96.0 Å². The second-order valence-corrected chi connectivity index (χ2v) is 5.65. The van der Waals surface area contributed by atoms with Crippen molar-refractivity contribution >= 4 is 6.09 Å². The molecule has 1 aliphatic heterocycles. The molecule has 0 unspecified atom stereocenters. The summed E-state index contributed by atoms with van der Waals surface area (Å²) in [6.07, 6.45) is 5.72. The number of rotatable bonds is 2. The van der Waals surface area contributed by atoms with E-state index in [1.54, 1.807) is 0 Å². The van der Waals surface area contributed by atoms with Crippen LogP contribution >= 0.6 is 0 Å². The normalized spacial score (nSPS) is 41.9. The predicted octanol–water partition coefficient (Wildman–Crippen LogP) is 1.52. The van der Waals surface area contributed by atoms with Crippen molar-refractivity contribution in [1.29, 1.82) is 0 Å². The average Bonchev–Trinajstić information content (AvgIpc) is 2.77. The van der Waals surface area contributed by atoms with Crippen LogP contribution in [0.1, 0.15) is 32.1 Å². The minimum atomic E-state index is -0.768. The van der Waals surface area contributed by atoms with Crippen molar-refractivity contribution in [3.05, 3.63) is 0 Å². The lowest BCUT2D eigenvalue weighted by molar-refractivity contribution is 0.154. The van der Waals surface area contributed by atoms with E-state index in [2.05, 4.69) is 5.32 Å². The smallest absolute Gasteiger partial charge is 0.407 e. The average molecular weight is 224 g/mol. The monoisotopic (exact) mass is 224 g/mol. The molecular formula is C12H20N2O2. The Kier molecular flexibility index (Phi) is 2.54. The molecule has 2 N–H and O–H groups in total. The molecule has 4 nitrogen and oxygen atoms in total. The highest BCUT2D eigenvalue weighted by Crippen LogP contribution is 2.46. The third kappa shape index (κ3) is 1.79. The van der Waals surface area contributed by atoms with Gasteiger partial charge in [-0.3, -0.25) is 0 Å². The molecule has 3 fully saturated rings. The maximum absolute atomic E-state index is 10.8. The van der Waals surface area contributed by atoms with E-state index in [9.17, 15) is 4.79 Å². The zero-order valence-corrected chi connectivity index (χ0v) is 9.56. The van der Waals surface area contributed by atoms with Crippen LogP contribution < -0.4 is 5.32 Å². The van der Waals surface area contributed by atoms with Crippen molar-refractivity contribution in [3.8, 4) is 0 Å². The lowest BCUT2D eigenvalue weighted by Crippen LogP contribution is -2.39. The number of nitrogens with one attached hydrogen (secondary N) is 1. The molecule has 0 spiro atoms. The third-order valence-electron chi connectivity index (χ3n) is 4.68. The zero-order valence-electron chi connectivity index (χ0n) is 9.56. The summed E-state index contributed by atoms with van der Waals surface area (Å²) in [5, 5.41) is 12.5. The molecule has 0 radical (unpaired) electrons. The number of carbonyl (C=O) groups is 1. The topological polar surface area (TPSA) is 52.6 Å². The van der Waals surface area contributed by atoms with Gasteiger partial charge in [0, 0.05) is 25.2 Å².